The number of rotatable bonds is 7. The molecule has 0 atom stereocenters. The second-order valence-electron chi connectivity index (χ2n) is 5.24. The first-order chi connectivity index (χ1) is 11.6. The molecule has 0 saturated heterocycles. The van der Waals surface area contributed by atoms with Gasteiger partial charge in [-0.3, -0.25) is 14.9 Å². The smallest absolute Gasteiger partial charge is 0.270 e. The number of nitro benzene ring substituents is 1. The standard InChI is InChI=1S/C19H20N2O3/c1-3-20(4-2)18(15-9-6-5-7-10-15)14-19(22)16-11-8-12-17(13-16)21(23)24/h5-14H,3-4H2,1-2H3/b18-14+. The number of ketones is 1. The Balaban J connectivity index is 2.44. The number of hydrogen-bond donors (Lipinski definition) is 0. The topological polar surface area (TPSA) is 63.5 Å². The lowest BCUT2D eigenvalue weighted by atomic mass is 10.0. The van der Waals surface area contributed by atoms with Crippen LogP contribution in [0.25, 0.3) is 5.70 Å². The van der Waals surface area contributed by atoms with Crippen molar-refractivity contribution in [2.24, 2.45) is 0 Å². The summed E-state index contributed by atoms with van der Waals surface area (Å²) in [4.78, 5) is 25.1. The average Bonchev–Trinajstić information content (AvgIpc) is 2.62. The average molecular weight is 324 g/mol. The third-order valence-corrected chi connectivity index (χ3v) is 3.78. The fourth-order valence-electron chi connectivity index (χ4n) is 2.51. The summed E-state index contributed by atoms with van der Waals surface area (Å²) >= 11 is 0. The first-order valence-corrected chi connectivity index (χ1v) is 7.87. The van der Waals surface area contributed by atoms with Crippen LogP contribution in [0, 0.1) is 10.1 Å². The minimum absolute atomic E-state index is 0.0849. The van der Waals surface area contributed by atoms with Crippen LogP contribution in [0.3, 0.4) is 0 Å². The van der Waals surface area contributed by atoms with Gasteiger partial charge in [0.05, 0.1) is 4.92 Å². The molecule has 0 heterocycles. The Hall–Kier alpha value is -2.95. The van der Waals surface area contributed by atoms with E-state index in [1.807, 2.05) is 44.2 Å². The molecule has 0 bridgehead atoms. The fourth-order valence-corrected chi connectivity index (χ4v) is 2.51. The van der Waals surface area contributed by atoms with Crippen molar-refractivity contribution >= 4 is 17.2 Å². The Morgan fingerprint density at radius 3 is 2.25 bits per heavy atom. The number of carbonyl (C=O) groups excluding carboxylic acids is 1. The van der Waals surface area contributed by atoms with E-state index in [0.29, 0.717) is 5.56 Å². The highest BCUT2D eigenvalue weighted by molar-refractivity contribution is 6.08. The molecule has 0 radical (unpaired) electrons. The van der Waals surface area contributed by atoms with Crippen LogP contribution in [-0.4, -0.2) is 28.7 Å². The summed E-state index contributed by atoms with van der Waals surface area (Å²) in [5.41, 5.74) is 1.99. The van der Waals surface area contributed by atoms with E-state index in [-0.39, 0.29) is 11.5 Å². The number of nitrogens with zero attached hydrogens (tertiary/aromatic N) is 2. The molecule has 0 fully saturated rings. The van der Waals surface area contributed by atoms with Crippen LogP contribution in [0.1, 0.15) is 29.8 Å². The Morgan fingerprint density at radius 2 is 1.67 bits per heavy atom. The van der Waals surface area contributed by atoms with E-state index in [2.05, 4.69) is 4.90 Å². The monoisotopic (exact) mass is 324 g/mol. The summed E-state index contributed by atoms with van der Waals surface area (Å²) < 4.78 is 0. The SMILES string of the molecule is CCN(CC)/C(=C/C(=O)c1cccc([N+](=O)[O-])c1)c1ccccc1. The number of hydrogen-bond acceptors (Lipinski definition) is 4. The fraction of sp³-hybridized carbons (Fsp3) is 0.211. The molecule has 0 unspecified atom stereocenters. The number of carbonyl (C=O) groups is 1. The van der Waals surface area contributed by atoms with Crippen molar-refractivity contribution in [3.05, 3.63) is 81.9 Å². The molecule has 5 nitrogen and oxygen atoms in total. The van der Waals surface area contributed by atoms with Crippen LogP contribution < -0.4 is 0 Å². The summed E-state index contributed by atoms with van der Waals surface area (Å²) in [6.45, 7) is 5.58. The highest BCUT2D eigenvalue weighted by Crippen LogP contribution is 2.21. The molecular formula is C19H20N2O3. The largest absolute Gasteiger partial charge is 0.371 e. The lowest BCUT2D eigenvalue weighted by Gasteiger charge is -2.24. The van der Waals surface area contributed by atoms with Crippen LogP contribution in [0.4, 0.5) is 5.69 Å². The first-order valence-electron chi connectivity index (χ1n) is 7.87. The van der Waals surface area contributed by atoms with Gasteiger partial charge in [0.1, 0.15) is 0 Å². The summed E-state index contributed by atoms with van der Waals surface area (Å²) in [6, 6.07) is 15.5. The molecule has 0 aliphatic carbocycles. The Labute approximate surface area is 141 Å². The molecule has 24 heavy (non-hydrogen) atoms. The van der Waals surface area contributed by atoms with Crippen molar-refractivity contribution in [2.75, 3.05) is 13.1 Å². The minimum atomic E-state index is -0.497. The number of benzene rings is 2. The van der Waals surface area contributed by atoms with E-state index in [4.69, 9.17) is 0 Å². The molecule has 0 amide bonds. The molecule has 124 valence electrons. The first kappa shape index (κ1) is 17.4. The zero-order valence-electron chi connectivity index (χ0n) is 13.8. The van der Waals surface area contributed by atoms with Gasteiger partial charge in [0.15, 0.2) is 5.78 Å². The maximum absolute atomic E-state index is 12.6. The molecule has 5 heteroatoms. The van der Waals surface area contributed by atoms with Crippen LogP contribution in [0.2, 0.25) is 0 Å². The third kappa shape index (κ3) is 4.07. The number of allylic oxidation sites excluding steroid dienone is 1. The molecule has 0 spiro atoms. The van der Waals surface area contributed by atoms with Gasteiger partial charge in [0.25, 0.3) is 5.69 Å². The van der Waals surface area contributed by atoms with Crippen LogP contribution >= 0.6 is 0 Å². The minimum Gasteiger partial charge on any atom is -0.371 e. The van der Waals surface area contributed by atoms with Gasteiger partial charge in [-0.2, -0.15) is 0 Å². The third-order valence-electron chi connectivity index (χ3n) is 3.78. The summed E-state index contributed by atoms with van der Waals surface area (Å²) in [5.74, 6) is -0.246. The van der Waals surface area contributed by atoms with Gasteiger partial charge in [-0.15, -0.1) is 0 Å². The van der Waals surface area contributed by atoms with Crippen molar-refractivity contribution in [3.63, 3.8) is 0 Å². The second-order valence-corrected chi connectivity index (χ2v) is 5.24. The zero-order valence-corrected chi connectivity index (χ0v) is 13.8. The van der Waals surface area contributed by atoms with E-state index in [1.54, 1.807) is 12.1 Å². The molecule has 0 aromatic heterocycles. The van der Waals surface area contributed by atoms with Crippen LogP contribution in [0.15, 0.2) is 60.7 Å². The van der Waals surface area contributed by atoms with E-state index >= 15 is 0 Å². The van der Waals surface area contributed by atoms with Gasteiger partial charge in [-0.05, 0) is 19.4 Å². The van der Waals surface area contributed by atoms with Crippen LogP contribution in [-0.2, 0) is 0 Å². The Bertz CT molecular complexity index is 750. The zero-order chi connectivity index (χ0) is 17.5. The molecule has 2 rings (SSSR count). The second kappa shape index (κ2) is 8.06. The normalized spacial score (nSPS) is 11.2. The van der Waals surface area contributed by atoms with Crippen molar-refractivity contribution in [3.8, 4) is 0 Å². The highest BCUT2D eigenvalue weighted by Gasteiger charge is 2.14. The van der Waals surface area contributed by atoms with Crippen molar-refractivity contribution in [2.45, 2.75) is 13.8 Å². The molecule has 0 aliphatic rings. The molecule has 2 aromatic rings. The molecule has 0 saturated carbocycles. The lowest BCUT2D eigenvalue weighted by Crippen LogP contribution is -2.22. The van der Waals surface area contributed by atoms with Gasteiger partial charge < -0.3 is 4.90 Å². The molecular weight excluding hydrogens is 304 g/mol. The quantitative estimate of drug-likeness (QED) is 0.332. The Morgan fingerprint density at radius 1 is 1.04 bits per heavy atom. The van der Waals surface area contributed by atoms with Crippen LogP contribution in [0.5, 0.6) is 0 Å². The predicted molar refractivity (Wildman–Crippen MR) is 94.8 cm³/mol. The van der Waals surface area contributed by atoms with Gasteiger partial charge >= 0.3 is 0 Å². The van der Waals surface area contributed by atoms with Crippen molar-refractivity contribution < 1.29 is 9.72 Å². The van der Waals surface area contributed by atoms with Gasteiger partial charge in [0, 0.05) is 42.6 Å². The van der Waals surface area contributed by atoms with E-state index < -0.39 is 4.92 Å². The maximum atomic E-state index is 12.6. The van der Waals surface area contributed by atoms with E-state index in [9.17, 15) is 14.9 Å². The summed E-state index contributed by atoms with van der Waals surface area (Å²) in [5, 5.41) is 10.9. The highest BCUT2D eigenvalue weighted by atomic mass is 16.6. The summed E-state index contributed by atoms with van der Waals surface area (Å²) in [7, 11) is 0. The molecule has 0 aliphatic heterocycles. The van der Waals surface area contributed by atoms with Gasteiger partial charge in [-0.25, -0.2) is 0 Å². The lowest BCUT2D eigenvalue weighted by molar-refractivity contribution is -0.384. The van der Waals surface area contributed by atoms with Gasteiger partial charge in [0.2, 0.25) is 0 Å². The van der Waals surface area contributed by atoms with Crippen molar-refractivity contribution in [1.82, 2.24) is 4.90 Å². The van der Waals surface area contributed by atoms with Crippen molar-refractivity contribution in [1.29, 1.82) is 0 Å². The number of non-ortho nitro benzene ring substituents is 1. The summed E-state index contributed by atoms with van der Waals surface area (Å²) in [6.07, 6.45) is 1.56. The van der Waals surface area contributed by atoms with E-state index in [0.717, 1.165) is 24.4 Å². The maximum Gasteiger partial charge on any atom is 0.270 e. The predicted octanol–water partition coefficient (Wildman–Crippen LogP) is 4.16. The van der Waals surface area contributed by atoms with Gasteiger partial charge in [-0.1, -0.05) is 42.5 Å². The van der Waals surface area contributed by atoms with E-state index in [1.165, 1.54) is 18.2 Å². The number of nitro groups is 1. The molecule has 2 aromatic carbocycles. The Kier molecular flexibility index (Phi) is 5.84. The molecule has 0 N–H and O–H groups in total.